The Bertz CT molecular complexity index is 267. The van der Waals surface area contributed by atoms with E-state index < -0.39 is 0 Å². The molecule has 0 aromatic heterocycles. The summed E-state index contributed by atoms with van der Waals surface area (Å²) in [5.74, 6) is 0.871. The molecule has 0 radical (unpaired) electrons. The largest absolute Gasteiger partial charge is 0.353 e. The van der Waals surface area contributed by atoms with Crippen LogP contribution >= 0.6 is 11.8 Å². The van der Waals surface area contributed by atoms with Gasteiger partial charge in [0.2, 0.25) is 5.91 Å². The first-order valence-corrected chi connectivity index (χ1v) is 9.50. The van der Waals surface area contributed by atoms with Crippen LogP contribution in [0.15, 0.2) is 0 Å². The fourth-order valence-corrected chi connectivity index (χ4v) is 4.03. The lowest BCUT2D eigenvalue weighted by molar-refractivity contribution is -0.122. The number of nitrogens with two attached hydrogens (primary N) is 1. The summed E-state index contributed by atoms with van der Waals surface area (Å²) in [6, 6.07) is 0.410. The van der Waals surface area contributed by atoms with Crippen molar-refractivity contribution in [3.8, 4) is 0 Å². The highest BCUT2D eigenvalue weighted by atomic mass is 32.2. The molecule has 1 amide bonds. The second kappa shape index (κ2) is 10.5. The van der Waals surface area contributed by atoms with Gasteiger partial charge in [-0.3, -0.25) is 4.79 Å². The van der Waals surface area contributed by atoms with Gasteiger partial charge in [-0.2, -0.15) is 11.8 Å². The van der Waals surface area contributed by atoms with Gasteiger partial charge in [0, 0.05) is 17.7 Å². The molecule has 3 atom stereocenters. The van der Waals surface area contributed by atoms with Crippen LogP contribution in [0.5, 0.6) is 0 Å². The molecule has 3 unspecified atom stereocenters. The highest BCUT2D eigenvalue weighted by Crippen LogP contribution is 2.27. The van der Waals surface area contributed by atoms with E-state index in [0.29, 0.717) is 18.4 Å². The first kappa shape index (κ1) is 17.8. The third-order valence-corrected chi connectivity index (χ3v) is 5.47. The van der Waals surface area contributed by atoms with Gasteiger partial charge in [-0.25, -0.2) is 0 Å². The van der Waals surface area contributed by atoms with Crippen molar-refractivity contribution in [2.75, 3.05) is 12.8 Å². The molecule has 4 heteroatoms. The maximum Gasteiger partial charge on any atom is 0.220 e. The SMILES string of the molecule is CCCC(CCN)CCC(=O)NC1CCCC(SC)C1. The van der Waals surface area contributed by atoms with E-state index in [2.05, 4.69) is 18.5 Å². The second-order valence-corrected chi connectivity index (χ2v) is 7.20. The lowest BCUT2D eigenvalue weighted by Crippen LogP contribution is -2.39. The summed E-state index contributed by atoms with van der Waals surface area (Å²) in [5, 5.41) is 3.97. The molecule has 0 aliphatic heterocycles. The van der Waals surface area contributed by atoms with Gasteiger partial charge in [-0.1, -0.05) is 26.2 Å². The van der Waals surface area contributed by atoms with Crippen LogP contribution in [0.3, 0.4) is 0 Å². The minimum Gasteiger partial charge on any atom is -0.353 e. The minimum atomic E-state index is 0.245. The lowest BCUT2D eigenvalue weighted by atomic mass is 9.93. The summed E-state index contributed by atoms with van der Waals surface area (Å²) in [5.41, 5.74) is 5.64. The Morgan fingerprint density at radius 3 is 2.80 bits per heavy atom. The highest BCUT2D eigenvalue weighted by molar-refractivity contribution is 7.99. The van der Waals surface area contributed by atoms with Gasteiger partial charge in [0.1, 0.15) is 0 Å². The molecule has 1 saturated carbocycles. The fraction of sp³-hybridized carbons (Fsp3) is 0.938. The smallest absolute Gasteiger partial charge is 0.220 e. The van der Waals surface area contributed by atoms with Gasteiger partial charge in [0.15, 0.2) is 0 Å². The number of amides is 1. The first-order valence-electron chi connectivity index (χ1n) is 8.21. The molecule has 0 heterocycles. The third-order valence-electron chi connectivity index (χ3n) is 4.38. The molecule has 0 saturated heterocycles. The van der Waals surface area contributed by atoms with Crippen LogP contribution in [0, 0.1) is 5.92 Å². The topological polar surface area (TPSA) is 55.1 Å². The van der Waals surface area contributed by atoms with Gasteiger partial charge < -0.3 is 11.1 Å². The van der Waals surface area contributed by atoms with Gasteiger partial charge in [0.25, 0.3) is 0 Å². The lowest BCUT2D eigenvalue weighted by Gasteiger charge is -2.28. The summed E-state index contributed by atoms with van der Waals surface area (Å²) >= 11 is 1.94. The average molecular weight is 301 g/mol. The molecule has 0 bridgehead atoms. The molecule has 0 aromatic rings. The van der Waals surface area contributed by atoms with Crippen molar-refractivity contribution in [2.24, 2.45) is 11.7 Å². The van der Waals surface area contributed by atoms with Gasteiger partial charge in [0.05, 0.1) is 0 Å². The van der Waals surface area contributed by atoms with Crippen LogP contribution < -0.4 is 11.1 Å². The normalized spacial score (nSPS) is 24.4. The number of nitrogens with one attached hydrogen (secondary N) is 1. The van der Waals surface area contributed by atoms with Gasteiger partial charge in [-0.05, 0) is 50.8 Å². The van der Waals surface area contributed by atoms with Crippen LogP contribution in [-0.4, -0.2) is 30.0 Å². The Balaban J connectivity index is 2.24. The molecule has 0 aromatic carbocycles. The van der Waals surface area contributed by atoms with E-state index >= 15 is 0 Å². The highest BCUT2D eigenvalue weighted by Gasteiger charge is 2.22. The Morgan fingerprint density at radius 1 is 1.35 bits per heavy atom. The summed E-state index contributed by atoms with van der Waals surface area (Å²) < 4.78 is 0. The van der Waals surface area contributed by atoms with Gasteiger partial charge >= 0.3 is 0 Å². The number of hydrogen-bond donors (Lipinski definition) is 2. The number of carbonyl (C=O) groups is 1. The van der Waals surface area contributed by atoms with Crippen molar-refractivity contribution in [3.63, 3.8) is 0 Å². The zero-order valence-corrected chi connectivity index (χ0v) is 14.0. The third kappa shape index (κ3) is 6.98. The number of thioether (sulfide) groups is 1. The Labute approximate surface area is 128 Å². The Morgan fingerprint density at radius 2 is 2.15 bits per heavy atom. The standard InChI is InChI=1S/C16H32N2OS/c1-3-5-13(10-11-17)8-9-16(19)18-14-6-4-7-15(12-14)20-2/h13-15H,3-12,17H2,1-2H3,(H,18,19). The molecule has 20 heavy (non-hydrogen) atoms. The van der Waals surface area contributed by atoms with Crippen LogP contribution in [-0.2, 0) is 4.79 Å². The Kier molecular flexibility index (Phi) is 9.36. The van der Waals surface area contributed by atoms with Crippen molar-refractivity contribution in [1.29, 1.82) is 0 Å². The van der Waals surface area contributed by atoms with E-state index in [4.69, 9.17) is 5.73 Å². The summed E-state index contributed by atoms with van der Waals surface area (Å²) in [6.07, 6.45) is 12.1. The van der Waals surface area contributed by atoms with E-state index in [-0.39, 0.29) is 5.91 Å². The van der Waals surface area contributed by atoms with Crippen molar-refractivity contribution < 1.29 is 4.79 Å². The molecule has 1 rings (SSSR count). The van der Waals surface area contributed by atoms with Crippen LogP contribution in [0.4, 0.5) is 0 Å². The molecule has 3 nitrogen and oxygen atoms in total. The Hall–Kier alpha value is -0.220. The molecule has 1 aliphatic carbocycles. The van der Waals surface area contributed by atoms with Crippen molar-refractivity contribution in [1.82, 2.24) is 5.32 Å². The van der Waals surface area contributed by atoms with E-state index in [0.717, 1.165) is 37.5 Å². The fourth-order valence-electron chi connectivity index (χ4n) is 3.20. The van der Waals surface area contributed by atoms with Crippen LogP contribution in [0.2, 0.25) is 0 Å². The molecule has 1 fully saturated rings. The van der Waals surface area contributed by atoms with E-state index in [1.54, 1.807) is 0 Å². The second-order valence-electron chi connectivity index (χ2n) is 6.06. The predicted octanol–water partition coefficient (Wildman–Crippen LogP) is 3.32. The number of hydrogen-bond acceptors (Lipinski definition) is 3. The van der Waals surface area contributed by atoms with Gasteiger partial charge in [-0.15, -0.1) is 0 Å². The van der Waals surface area contributed by atoms with E-state index in [1.807, 2.05) is 11.8 Å². The molecule has 118 valence electrons. The minimum absolute atomic E-state index is 0.245. The predicted molar refractivity (Wildman–Crippen MR) is 89.0 cm³/mol. The maximum absolute atomic E-state index is 12.1. The molecule has 1 aliphatic rings. The summed E-state index contributed by atoms with van der Waals surface area (Å²) in [4.78, 5) is 12.1. The zero-order chi connectivity index (χ0) is 14.8. The van der Waals surface area contributed by atoms with Crippen molar-refractivity contribution in [2.45, 2.75) is 76.0 Å². The first-order chi connectivity index (χ1) is 9.69. The van der Waals surface area contributed by atoms with Crippen LogP contribution in [0.25, 0.3) is 0 Å². The van der Waals surface area contributed by atoms with E-state index in [1.165, 1.54) is 25.7 Å². The molecular weight excluding hydrogens is 268 g/mol. The van der Waals surface area contributed by atoms with Crippen LogP contribution in [0.1, 0.15) is 64.7 Å². The monoisotopic (exact) mass is 300 g/mol. The number of rotatable bonds is 9. The average Bonchev–Trinajstić information content (AvgIpc) is 2.45. The van der Waals surface area contributed by atoms with Crippen molar-refractivity contribution >= 4 is 17.7 Å². The molecule has 3 N–H and O–H groups in total. The molecular formula is C16H32N2OS. The zero-order valence-electron chi connectivity index (χ0n) is 13.2. The molecule has 0 spiro atoms. The maximum atomic E-state index is 12.1. The van der Waals surface area contributed by atoms with E-state index in [9.17, 15) is 4.79 Å². The number of carbonyl (C=O) groups excluding carboxylic acids is 1. The quantitative estimate of drug-likeness (QED) is 0.687. The summed E-state index contributed by atoms with van der Waals surface area (Å²) in [6.45, 7) is 2.94. The van der Waals surface area contributed by atoms with Crippen molar-refractivity contribution in [3.05, 3.63) is 0 Å². The summed E-state index contributed by atoms with van der Waals surface area (Å²) in [7, 11) is 0.